The molecule has 2 rings (SSSR count). The van der Waals surface area contributed by atoms with Gasteiger partial charge in [-0.25, -0.2) is 0 Å². The van der Waals surface area contributed by atoms with Gasteiger partial charge in [-0.3, -0.25) is 4.99 Å². The normalized spacial score (nSPS) is 11.3. The average molecular weight is 302 g/mol. The summed E-state index contributed by atoms with van der Waals surface area (Å²) in [6.45, 7) is 3.47. The Morgan fingerprint density at radius 3 is 2.33 bits per heavy atom. The highest BCUT2D eigenvalue weighted by Crippen LogP contribution is 2.14. The van der Waals surface area contributed by atoms with Gasteiger partial charge in [-0.2, -0.15) is 0 Å². The van der Waals surface area contributed by atoms with Crippen LogP contribution in [0.1, 0.15) is 16.7 Å². The molecule has 4 heteroatoms. The zero-order chi connectivity index (χ0) is 15.1. The molecule has 0 aliphatic rings. The number of nitrogens with one attached hydrogen (secondary N) is 2. The van der Waals surface area contributed by atoms with E-state index >= 15 is 0 Å². The second-order valence-corrected chi connectivity index (χ2v) is 5.26. The summed E-state index contributed by atoms with van der Waals surface area (Å²) < 4.78 is 0. The number of nitrogens with zero attached hydrogens (tertiary/aromatic N) is 1. The van der Waals surface area contributed by atoms with Gasteiger partial charge >= 0.3 is 0 Å². The number of halogens is 1. The molecule has 0 bridgehead atoms. The van der Waals surface area contributed by atoms with E-state index in [-0.39, 0.29) is 0 Å². The molecule has 0 amide bonds. The van der Waals surface area contributed by atoms with Gasteiger partial charge in [0.2, 0.25) is 0 Å². The van der Waals surface area contributed by atoms with E-state index in [2.05, 4.69) is 46.8 Å². The number of aliphatic imine (C=N–C) groups is 1. The fourth-order valence-electron chi connectivity index (χ4n) is 1.93. The van der Waals surface area contributed by atoms with Crippen LogP contribution in [0.3, 0.4) is 0 Å². The molecule has 0 saturated heterocycles. The first-order valence-electron chi connectivity index (χ1n) is 6.92. The van der Waals surface area contributed by atoms with Crippen LogP contribution in [0.2, 0.25) is 5.02 Å². The minimum atomic E-state index is 0.646. The summed E-state index contributed by atoms with van der Waals surface area (Å²) >= 11 is 6.14. The van der Waals surface area contributed by atoms with Crippen LogP contribution in [-0.2, 0) is 13.1 Å². The average Bonchev–Trinajstić information content (AvgIpc) is 2.51. The lowest BCUT2D eigenvalue weighted by Gasteiger charge is -2.12. The van der Waals surface area contributed by atoms with Gasteiger partial charge in [-0.15, -0.1) is 0 Å². The van der Waals surface area contributed by atoms with E-state index in [0.29, 0.717) is 6.54 Å². The molecule has 21 heavy (non-hydrogen) atoms. The Morgan fingerprint density at radius 1 is 1.00 bits per heavy atom. The van der Waals surface area contributed by atoms with E-state index in [1.165, 1.54) is 11.1 Å². The molecule has 3 nitrogen and oxygen atoms in total. The zero-order valence-electron chi connectivity index (χ0n) is 12.4. The number of hydrogen-bond donors (Lipinski definition) is 2. The number of rotatable bonds is 4. The molecule has 110 valence electrons. The quantitative estimate of drug-likeness (QED) is 0.670. The molecular weight excluding hydrogens is 282 g/mol. The van der Waals surface area contributed by atoms with E-state index in [1.54, 1.807) is 7.05 Å². The predicted molar refractivity (Wildman–Crippen MR) is 89.7 cm³/mol. The third-order valence-electron chi connectivity index (χ3n) is 3.21. The largest absolute Gasteiger partial charge is 0.352 e. The summed E-state index contributed by atoms with van der Waals surface area (Å²) in [6.07, 6.45) is 0. The summed E-state index contributed by atoms with van der Waals surface area (Å²) in [7, 11) is 1.76. The molecule has 2 aromatic rings. The molecule has 0 saturated carbocycles. The third kappa shape index (κ3) is 4.80. The number of benzene rings is 2. The van der Waals surface area contributed by atoms with Gasteiger partial charge in [0.05, 0.1) is 0 Å². The summed E-state index contributed by atoms with van der Waals surface area (Å²) in [4.78, 5) is 4.22. The Labute approximate surface area is 131 Å². The minimum absolute atomic E-state index is 0.646. The van der Waals surface area contributed by atoms with E-state index in [9.17, 15) is 0 Å². The summed E-state index contributed by atoms with van der Waals surface area (Å²) in [5, 5.41) is 7.32. The van der Waals surface area contributed by atoms with Crippen LogP contribution in [0.4, 0.5) is 0 Å². The summed E-state index contributed by atoms with van der Waals surface area (Å²) in [5.74, 6) is 0.760. The third-order valence-corrected chi connectivity index (χ3v) is 3.58. The van der Waals surface area contributed by atoms with Crippen LogP contribution in [-0.4, -0.2) is 13.0 Å². The molecular formula is C17H20ClN3. The number of hydrogen-bond acceptors (Lipinski definition) is 1. The lowest BCUT2D eigenvalue weighted by Crippen LogP contribution is -2.36. The smallest absolute Gasteiger partial charge is 0.191 e. The van der Waals surface area contributed by atoms with Crippen molar-refractivity contribution in [1.82, 2.24) is 10.6 Å². The van der Waals surface area contributed by atoms with Crippen LogP contribution in [0.25, 0.3) is 0 Å². The Morgan fingerprint density at radius 2 is 1.67 bits per heavy atom. The first-order valence-corrected chi connectivity index (χ1v) is 7.30. The topological polar surface area (TPSA) is 36.4 Å². The SMILES string of the molecule is CN=C(NCc1ccc(C)cc1)NCc1ccccc1Cl. The van der Waals surface area contributed by atoms with Crippen molar-refractivity contribution < 1.29 is 0 Å². The van der Waals surface area contributed by atoms with Gasteiger partial charge in [0, 0.05) is 25.2 Å². The van der Waals surface area contributed by atoms with Gasteiger partial charge in [0.15, 0.2) is 5.96 Å². The maximum atomic E-state index is 6.14. The standard InChI is InChI=1S/C17H20ClN3/c1-13-7-9-14(10-8-13)11-20-17(19-2)21-12-15-5-3-4-6-16(15)18/h3-10H,11-12H2,1-2H3,(H2,19,20,21). The molecule has 0 atom stereocenters. The van der Waals surface area contributed by atoms with Crippen molar-refractivity contribution in [1.29, 1.82) is 0 Å². The molecule has 0 fully saturated rings. The van der Waals surface area contributed by atoms with Crippen LogP contribution in [0.15, 0.2) is 53.5 Å². The lowest BCUT2D eigenvalue weighted by atomic mass is 10.1. The Hall–Kier alpha value is -2.00. The Kier molecular flexibility index (Phi) is 5.64. The van der Waals surface area contributed by atoms with Crippen LogP contribution in [0, 0.1) is 6.92 Å². The maximum Gasteiger partial charge on any atom is 0.191 e. The first kappa shape index (κ1) is 15.4. The molecule has 0 unspecified atom stereocenters. The van der Waals surface area contributed by atoms with Gasteiger partial charge in [0.25, 0.3) is 0 Å². The maximum absolute atomic E-state index is 6.14. The van der Waals surface area contributed by atoms with E-state index in [1.807, 2.05) is 24.3 Å². The molecule has 2 N–H and O–H groups in total. The predicted octanol–water partition coefficient (Wildman–Crippen LogP) is 3.51. The molecule has 0 radical (unpaired) electrons. The van der Waals surface area contributed by atoms with Crippen molar-refractivity contribution in [2.45, 2.75) is 20.0 Å². The van der Waals surface area contributed by atoms with Crippen molar-refractivity contribution >= 4 is 17.6 Å². The van der Waals surface area contributed by atoms with Crippen molar-refractivity contribution in [2.24, 2.45) is 4.99 Å². The van der Waals surface area contributed by atoms with Crippen LogP contribution in [0.5, 0.6) is 0 Å². The lowest BCUT2D eigenvalue weighted by molar-refractivity contribution is 0.809. The zero-order valence-corrected chi connectivity index (χ0v) is 13.1. The highest BCUT2D eigenvalue weighted by atomic mass is 35.5. The molecule has 0 aliphatic heterocycles. The summed E-state index contributed by atoms with van der Waals surface area (Å²) in [6, 6.07) is 16.2. The van der Waals surface area contributed by atoms with Crippen LogP contribution < -0.4 is 10.6 Å². The molecule has 0 heterocycles. The van der Waals surface area contributed by atoms with E-state index < -0.39 is 0 Å². The van der Waals surface area contributed by atoms with Gasteiger partial charge in [-0.05, 0) is 24.1 Å². The van der Waals surface area contributed by atoms with Crippen molar-refractivity contribution in [3.8, 4) is 0 Å². The second-order valence-electron chi connectivity index (χ2n) is 4.86. The Balaban J connectivity index is 1.86. The Bertz CT molecular complexity index is 606. The van der Waals surface area contributed by atoms with Crippen molar-refractivity contribution in [3.63, 3.8) is 0 Å². The van der Waals surface area contributed by atoms with Crippen LogP contribution >= 0.6 is 11.6 Å². The number of guanidine groups is 1. The fraction of sp³-hybridized carbons (Fsp3) is 0.235. The number of aryl methyl sites for hydroxylation is 1. The van der Waals surface area contributed by atoms with E-state index in [4.69, 9.17) is 11.6 Å². The van der Waals surface area contributed by atoms with Crippen molar-refractivity contribution in [3.05, 3.63) is 70.2 Å². The van der Waals surface area contributed by atoms with Crippen molar-refractivity contribution in [2.75, 3.05) is 7.05 Å². The van der Waals surface area contributed by atoms with Gasteiger partial charge < -0.3 is 10.6 Å². The highest BCUT2D eigenvalue weighted by molar-refractivity contribution is 6.31. The van der Waals surface area contributed by atoms with Gasteiger partial charge in [-0.1, -0.05) is 59.6 Å². The summed E-state index contributed by atoms with van der Waals surface area (Å²) in [5.41, 5.74) is 3.54. The fourth-order valence-corrected chi connectivity index (χ4v) is 2.14. The molecule has 0 aliphatic carbocycles. The molecule has 0 aromatic heterocycles. The molecule has 0 spiro atoms. The first-order chi connectivity index (χ1) is 10.2. The monoisotopic (exact) mass is 301 g/mol. The van der Waals surface area contributed by atoms with Gasteiger partial charge in [0.1, 0.15) is 0 Å². The second kappa shape index (κ2) is 7.70. The highest BCUT2D eigenvalue weighted by Gasteiger charge is 2.01. The van der Waals surface area contributed by atoms with E-state index in [0.717, 1.165) is 23.1 Å². The molecule has 2 aromatic carbocycles. The minimum Gasteiger partial charge on any atom is -0.352 e.